The van der Waals surface area contributed by atoms with Crippen LogP contribution in [0.2, 0.25) is 0 Å². The molecule has 1 heterocycles. The van der Waals surface area contributed by atoms with E-state index in [0.717, 1.165) is 11.1 Å². The Morgan fingerprint density at radius 2 is 1.94 bits per heavy atom. The van der Waals surface area contributed by atoms with Crippen LogP contribution in [0.3, 0.4) is 0 Å². The molecular weight excluding hydrogens is 218 g/mol. The highest BCUT2D eigenvalue weighted by Crippen LogP contribution is 2.14. The zero-order valence-corrected chi connectivity index (χ0v) is 9.04. The molecule has 1 aromatic carbocycles. The molecular formula is C13H11NO3. The van der Waals surface area contributed by atoms with Crippen molar-refractivity contribution in [2.45, 2.75) is 6.42 Å². The van der Waals surface area contributed by atoms with Crippen molar-refractivity contribution in [2.75, 3.05) is 0 Å². The summed E-state index contributed by atoms with van der Waals surface area (Å²) in [5.41, 5.74) is 2.05. The lowest BCUT2D eigenvalue weighted by Crippen LogP contribution is -2.03. The molecule has 0 spiro atoms. The third kappa shape index (κ3) is 3.31. The van der Waals surface area contributed by atoms with Crippen molar-refractivity contribution in [1.29, 1.82) is 0 Å². The highest BCUT2D eigenvalue weighted by Gasteiger charge is 2.03. The van der Waals surface area contributed by atoms with Gasteiger partial charge >= 0.3 is 6.16 Å². The molecule has 0 unspecified atom stereocenters. The Morgan fingerprint density at radius 3 is 2.65 bits per heavy atom. The Bertz CT molecular complexity index is 511. The number of hydrogen-bond donors (Lipinski definition) is 1. The fraction of sp³-hybridized carbons (Fsp3) is 0.0769. The molecule has 0 saturated heterocycles. The minimum Gasteiger partial charge on any atom is -0.449 e. The van der Waals surface area contributed by atoms with Crippen molar-refractivity contribution in [3.63, 3.8) is 0 Å². The first-order valence-electron chi connectivity index (χ1n) is 5.12. The van der Waals surface area contributed by atoms with E-state index in [1.54, 1.807) is 12.3 Å². The normalized spacial score (nSPS) is 9.88. The van der Waals surface area contributed by atoms with Crippen molar-refractivity contribution in [3.8, 4) is 5.75 Å². The number of benzene rings is 1. The Labute approximate surface area is 98.5 Å². The number of pyridine rings is 1. The van der Waals surface area contributed by atoms with E-state index >= 15 is 0 Å². The first kappa shape index (κ1) is 11.1. The topological polar surface area (TPSA) is 59.4 Å². The second kappa shape index (κ2) is 5.12. The van der Waals surface area contributed by atoms with Crippen LogP contribution in [0.25, 0.3) is 0 Å². The molecule has 0 atom stereocenters. The molecule has 17 heavy (non-hydrogen) atoms. The molecule has 86 valence electrons. The van der Waals surface area contributed by atoms with Gasteiger partial charge in [0.05, 0.1) is 6.20 Å². The smallest absolute Gasteiger partial charge is 0.449 e. The minimum absolute atomic E-state index is 0.242. The van der Waals surface area contributed by atoms with Crippen molar-refractivity contribution in [1.82, 2.24) is 4.98 Å². The predicted molar refractivity (Wildman–Crippen MR) is 62.1 cm³/mol. The Balaban J connectivity index is 2.14. The zero-order valence-electron chi connectivity index (χ0n) is 9.04. The van der Waals surface area contributed by atoms with Crippen LogP contribution >= 0.6 is 0 Å². The zero-order chi connectivity index (χ0) is 12.1. The highest BCUT2D eigenvalue weighted by atomic mass is 16.7. The van der Waals surface area contributed by atoms with E-state index in [1.165, 1.54) is 6.20 Å². The summed E-state index contributed by atoms with van der Waals surface area (Å²) in [6.07, 6.45) is 2.44. The maximum atomic E-state index is 10.4. The third-order valence-corrected chi connectivity index (χ3v) is 2.23. The lowest BCUT2D eigenvalue weighted by atomic mass is 10.1. The number of nitrogens with zero attached hydrogens (tertiary/aromatic N) is 1. The Kier molecular flexibility index (Phi) is 3.35. The first-order valence-corrected chi connectivity index (χ1v) is 5.12. The standard InChI is InChI=1S/C13H11NO3/c15-13(16)17-12-7-11(8-14-9-12)6-10-4-2-1-3-5-10/h1-5,7-9H,6H2,(H,15,16). The fourth-order valence-electron chi connectivity index (χ4n) is 1.55. The minimum atomic E-state index is -1.33. The van der Waals surface area contributed by atoms with Gasteiger partial charge in [-0.25, -0.2) is 4.79 Å². The largest absolute Gasteiger partial charge is 0.511 e. The summed E-state index contributed by atoms with van der Waals surface area (Å²) < 4.78 is 4.55. The average molecular weight is 229 g/mol. The van der Waals surface area contributed by atoms with Crippen molar-refractivity contribution in [3.05, 3.63) is 59.9 Å². The van der Waals surface area contributed by atoms with Gasteiger partial charge in [0.15, 0.2) is 5.75 Å². The summed E-state index contributed by atoms with van der Waals surface area (Å²) in [6.45, 7) is 0. The molecule has 4 heteroatoms. The van der Waals surface area contributed by atoms with Crippen molar-refractivity contribution in [2.24, 2.45) is 0 Å². The van der Waals surface area contributed by atoms with Gasteiger partial charge in [-0.05, 0) is 23.6 Å². The molecule has 0 aliphatic heterocycles. The molecule has 4 nitrogen and oxygen atoms in total. The van der Waals surface area contributed by atoms with E-state index in [0.29, 0.717) is 6.42 Å². The average Bonchev–Trinajstić information content (AvgIpc) is 2.30. The number of hydrogen-bond acceptors (Lipinski definition) is 3. The molecule has 0 saturated carbocycles. The van der Waals surface area contributed by atoms with Gasteiger partial charge in [-0.2, -0.15) is 0 Å². The van der Waals surface area contributed by atoms with Crippen LogP contribution in [0.5, 0.6) is 5.75 Å². The number of ether oxygens (including phenoxy) is 1. The lowest BCUT2D eigenvalue weighted by molar-refractivity contribution is 0.144. The summed E-state index contributed by atoms with van der Waals surface area (Å²) in [5, 5.41) is 8.50. The maximum absolute atomic E-state index is 10.4. The van der Waals surface area contributed by atoms with Gasteiger partial charge in [-0.3, -0.25) is 4.98 Å². The van der Waals surface area contributed by atoms with Gasteiger partial charge in [0.1, 0.15) is 0 Å². The molecule has 0 amide bonds. The Morgan fingerprint density at radius 1 is 1.18 bits per heavy atom. The van der Waals surface area contributed by atoms with E-state index in [2.05, 4.69) is 9.72 Å². The van der Waals surface area contributed by atoms with E-state index in [-0.39, 0.29) is 5.75 Å². The summed E-state index contributed by atoms with van der Waals surface area (Å²) in [7, 11) is 0. The number of rotatable bonds is 3. The van der Waals surface area contributed by atoms with E-state index in [9.17, 15) is 4.79 Å². The van der Waals surface area contributed by atoms with Crippen molar-refractivity contribution >= 4 is 6.16 Å². The second-order valence-electron chi connectivity index (χ2n) is 3.56. The van der Waals surface area contributed by atoms with Crippen LogP contribution in [0, 0.1) is 0 Å². The molecule has 0 aliphatic rings. The van der Waals surface area contributed by atoms with Gasteiger partial charge in [-0.15, -0.1) is 0 Å². The predicted octanol–water partition coefficient (Wildman–Crippen LogP) is 2.73. The maximum Gasteiger partial charge on any atom is 0.511 e. The van der Waals surface area contributed by atoms with Crippen molar-refractivity contribution < 1.29 is 14.6 Å². The van der Waals surface area contributed by atoms with Crippen LogP contribution < -0.4 is 4.74 Å². The molecule has 0 bridgehead atoms. The van der Waals surface area contributed by atoms with Crippen LogP contribution in [0.1, 0.15) is 11.1 Å². The number of carboxylic acid groups (broad SMARTS) is 1. The van der Waals surface area contributed by atoms with Gasteiger partial charge in [0.25, 0.3) is 0 Å². The summed E-state index contributed by atoms with van der Waals surface area (Å²) in [4.78, 5) is 14.3. The van der Waals surface area contributed by atoms with Crippen LogP contribution in [-0.2, 0) is 6.42 Å². The van der Waals surface area contributed by atoms with E-state index in [1.807, 2.05) is 30.3 Å². The quantitative estimate of drug-likeness (QED) is 0.822. The molecule has 0 fully saturated rings. The van der Waals surface area contributed by atoms with Crippen LogP contribution in [0.4, 0.5) is 4.79 Å². The lowest BCUT2D eigenvalue weighted by Gasteiger charge is -2.03. The SMILES string of the molecule is O=C(O)Oc1cncc(Cc2ccccc2)c1. The number of aromatic nitrogens is 1. The number of carbonyl (C=O) groups is 1. The molecule has 2 rings (SSSR count). The summed E-state index contributed by atoms with van der Waals surface area (Å²) >= 11 is 0. The highest BCUT2D eigenvalue weighted by molar-refractivity contribution is 5.61. The molecule has 2 aromatic rings. The molecule has 1 aromatic heterocycles. The van der Waals surface area contributed by atoms with Gasteiger partial charge in [0, 0.05) is 6.20 Å². The van der Waals surface area contributed by atoms with Gasteiger partial charge < -0.3 is 9.84 Å². The summed E-state index contributed by atoms with van der Waals surface area (Å²) in [6, 6.07) is 11.6. The third-order valence-electron chi connectivity index (χ3n) is 2.23. The van der Waals surface area contributed by atoms with E-state index in [4.69, 9.17) is 5.11 Å². The summed E-state index contributed by atoms with van der Waals surface area (Å²) in [5.74, 6) is 0.242. The monoisotopic (exact) mass is 229 g/mol. The molecule has 0 aliphatic carbocycles. The molecule has 0 radical (unpaired) electrons. The van der Waals surface area contributed by atoms with Gasteiger partial charge in [-0.1, -0.05) is 30.3 Å². The fourth-order valence-corrected chi connectivity index (χ4v) is 1.55. The van der Waals surface area contributed by atoms with Crippen LogP contribution in [0.15, 0.2) is 48.8 Å². The van der Waals surface area contributed by atoms with Crippen LogP contribution in [-0.4, -0.2) is 16.2 Å². The molecule has 1 N–H and O–H groups in total. The van der Waals surface area contributed by atoms with E-state index < -0.39 is 6.16 Å². The second-order valence-corrected chi connectivity index (χ2v) is 3.56. The first-order chi connectivity index (χ1) is 8.24. The Hall–Kier alpha value is -2.36. The van der Waals surface area contributed by atoms with Gasteiger partial charge in [0.2, 0.25) is 0 Å².